The fourth-order valence-electron chi connectivity index (χ4n) is 3.60. The van der Waals surface area contributed by atoms with E-state index in [0.29, 0.717) is 5.69 Å². The van der Waals surface area contributed by atoms with Gasteiger partial charge in [0.2, 0.25) is 0 Å². The molecule has 0 saturated heterocycles. The number of aromatic nitrogens is 4. The van der Waals surface area contributed by atoms with Crippen molar-refractivity contribution in [2.24, 2.45) is 0 Å². The quantitative estimate of drug-likeness (QED) is 0.327. The van der Waals surface area contributed by atoms with E-state index in [9.17, 15) is 13.3 Å². The number of hydrogen-bond donors (Lipinski definition) is 1. The maximum absolute atomic E-state index is 15.0. The maximum atomic E-state index is 15.0. The maximum Gasteiger partial charge on any atom is 0.188 e. The number of halogens is 4. The molecule has 36 heavy (non-hydrogen) atoms. The lowest BCUT2D eigenvalue weighted by atomic mass is 10.0. The Labute approximate surface area is 209 Å². The predicted molar refractivity (Wildman–Crippen MR) is 132 cm³/mol. The Morgan fingerprint density at radius 1 is 1.08 bits per heavy atom. The van der Waals surface area contributed by atoms with Crippen LogP contribution in [0, 0.1) is 35.7 Å². The summed E-state index contributed by atoms with van der Waals surface area (Å²) in [6.45, 7) is 6.21. The van der Waals surface area contributed by atoms with Crippen LogP contribution >= 0.6 is 18.7 Å². The smallest absolute Gasteiger partial charge is 0.188 e. The average molecular weight is 531 g/mol. The third-order valence-corrected chi connectivity index (χ3v) is 7.08. The largest absolute Gasteiger partial charge is 0.375 e. The molecule has 0 amide bonds. The molecule has 12 heteroatoms. The topological polar surface area (TPSA) is 104 Å². The van der Waals surface area contributed by atoms with E-state index in [4.69, 9.17) is 16.9 Å². The van der Waals surface area contributed by atoms with Gasteiger partial charge < -0.3 is 9.88 Å². The van der Waals surface area contributed by atoms with Crippen LogP contribution in [0.15, 0.2) is 30.6 Å². The SMILES string of the molecule is Cc1nc2cc(F)c(-c3cnc(P(C)(C)=O)nc3)nc2c(N[C@H](C)c2cc(C#N)cc(F)c2F)c1Cl. The van der Waals surface area contributed by atoms with Crippen LogP contribution in [0.3, 0.4) is 0 Å². The number of benzene rings is 1. The summed E-state index contributed by atoms with van der Waals surface area (Å²) in [6.07, 6.45) is 2.65. The summed E-state index contributed by atoms with van der Waals surface area (Å²) in [5, 5.41) is 12.3. The molecule has 0 aliphatic heterocycles. The van der Waals surface area contributed by atoms with Gasteiger partial charge in [0.25, 0.3) is 0 Å². The third kappa shape index (κ3) is 4.77. The summed E-state index contributed by atoms with van der Waals surface area (Å²) in [4.78, 5) is 16.9. The van der Waals surface area contributed by atoms with Crippen LogP contribution in [0.25, 0.3) is 22.3 Å². The van der Waals surface area contributed by atoms with Crippen LogP contribution in [0.1, 0.15) is 29.8 Å². The highest BCUT2D eigenvalue weighted by atomic mass is 35.5. The Bertz CT molecular complexity index is 1600. The van der Waals surface area contributed by atoms with Gasteiger partial charge in [0.05, 0.1) is 39.6 Å². The molecule has 0 aliphatic carbocycles. The zero-order valence-corrected chi connectivity index (χ0v) is 21.2. The van der Waals surface area contributed by atoms with E-state index < -0.39 is 30.6 Å². The number of anilines is 1. The van der Waals surface area contributed by atoms with Crippen LogP contribution in [0.2, 0.25) is 5.02 Å². The molecule has 0 radical (unpaired) electrons. The number of hydrogen-bond acceptors (Lipinski definition) is 7. The van der Waals surface area contributed by atoms with E-state index in [-0.39, 0.29) is 49.7 Å². The fraction of sp³-hybridized carbons (Fsp3) is 0.208. The summed E-state index contributed by atoms with van der Waals surface area (Å²) >= 11 is 6.51. The molecule has 0 bridgehead atoms. The highest BCUT2D eigenvalue weighted by Gasteiger charge is 2.22. The number of rotatable bonds is 5. The van der Waals surface area contributed by atoms with Gasteiger partial charge in [-0.1, -0.05) is 11.6 Å². The number of nitrogens with zero attached hydrogens (tertiary/aromatic N) is 5. The predicted octanol–water partition coefficient (Wildman–Crippen LogP) is 5.76. The van der Waals surface area contributed by atoms with Crippen molar-refractivity contribution in [2.75, 3.05) is 18.6 Å². The second kappa shape index (κ2) is 9.49. The van der Waals surface area contributed by atoms with Gasteiger partial charge in [-0.3, -0.25) is 0 Å². The van der Waals surface area contributed by atoms with Crippen LogP contribution in [0.5, 0.6) is 0 Å². The van der Waals surface area contributed by atoms with Crippen molar-refractivity contribution >= 4 is 41.0 Å². The Morgan fingerprint density at radius 2 is 1.75 bits per heavy atom. The fourth-order valence-corrected chi connectivity index (χ4v) is 4.46. The van der Waals surface area contributed by atoms with Crippen LogP contribution in [0.4, 0.5) is 18.9 Å². The molecule has 1 N–H and O–H groups in total. The monoisotopic (exact) mass is 530 g/mol. The molecular weight excluding hydrogens is 512 g/mol. The standard InChI is InChI=1S/C24H19ClF3N6OP/c1-11(15-5-13(8-29)6-16(26)20(15)28)33-23-19(25)12(2)32-18-7-17(27)21(34-22(18)23)14-9-30-24(31-10-14)36(3,4)35/h5-7,9-11H,1-4H3,(H,32,33)/t11-/m1/s1. The number of nitrogens with one attached hydrogen (secondary N) is 1. The first-order chi connectivity index (χ1) is 16.9. The van der Waals surface area contributed by atoms with Gasteiger partial charge in [-0.25, -0.2) is 33.1 Å². The lowest BCUT2D eigenvalue weighted by molar-refractivity contribution is 0.494. The molecule has 3 aromatic heterocycles. The second-order valence-corrected chi connectivity index (χ2v) is 12.0. The van der Waals surface area contributed by atoms with Gasteiger partial charge in [-0.2, -0.15) is 5.26 Å². The third-order valence-electron chi connectivity index (χ3n) is 5.42. The van der Waals surface area contributed by atoms with Gasteiger partial charge in [0.1, 0.15) is 18.4 Å². The lowest BCUT2D eigenvalue weighted by Gasteiger charge is -2.20. The molecule has 7 nitrogen and oxygen atoms in total. The summed E-state index contributed by atoms with van der Waals surface area (Å²) in [7, 11) is -2.71. The molecular formula is C24H19ClF3N6OP. The van der Waals surface area contributed by atoms with Gasteiger partial charge in [-0.15, -0.1) is 0 Å². The highest BCUT2D eigenvalue weighted by molar-refractivity contribution is 7.69. The van der Waals surface area contributed by atoms with Crippen molar-refractivity contribution in [1.29, 1.82) is 5.26 Å². The van der Waals surface area contributed by atoms with Crippen molar-refractivity contribution in [3.63, 3.8) is 0 Å². The molecule has 0 aliphatic rings. The molecule has 4 aromatic rings. The summed E-state index contributed by atoms with van der Waals surface area (Å²) in [5.41, 5.74) is 1.07. The summed E-state index contributed by atoms with van der Waals surface area (Å²) in [5.74, 6) is -2.96. The van der Waals surface area contributed by atoms with Crippen molar-refractivity contribution in [3.8, 4) is 17.3 Å². The number of fused-ring (bicyclic) bond motifs is 1. The van der Waals surface area contributed by atoms with Gasteiger partial charge >= 0.3 is 0 Å². The first-order valence-electron chi connectivity index (χ1n) is 10.6. The Balaban J connectivity index is 1.85. The molecule has 4 rings (SSSR count). The Hall–Kier alpha value is -3.54. The number of pyridine rings is 2. The van der Waals surface area contributed by atoms with E-state index in [2.05, 4.69) is 25.3 Å². The molecule has 184 valence electrons. The van der Waals surface area contributed by atoms with E-state index in [1.54, 1.807) is 19.9 Å². The molecule has 3 heterocycles. The molecule has 0 saturated carbocycles. The van der Waals surface area contributed by atoms with E-state index in [1.807, 2.05) is 0 Å². The van der Waals surface area contributed by atoms with Crippen LogP contribution in [-0.2, 0) is 4.57 Å². The van der Waals surface area contributed by atoms with Gasteiger partial charge in [0, 0.05) is 29.6 Å². The second-order valence-electron chi connectivity index (χ2n) is 8.53. The van der Waals surface area contributed by atoms with Gasteiger partial charge in [0.15, 0.2) is 23.0 Å². The molecule has 1 atom stereocenters. The minimum absolute atomic E-state index is 0.0472. The zero-order valence-electron chi connectivity index (χ0n) is 19.6. The molecule has 1 aromatic carbocycles. The minimum atomic E-state index is -2.71. The molecule has 0 spiro atoms. The van der Waals surface area contributed by atoms with Gasteiger partial charge in [-0.05, 0) is 39.3 Å². The number of aryl methyl sites for hydroxylation is 1. The average Bonchev–Trinajstić information content (AvgIpc) is 2.82. The van der Waals surface area contributed by atoms with Crippen molar-refractivity contribution in [3.05, 3.63) is 69.9 Å². The van der Waals surface area contributed by atoms with Crippen LogP contribution < -0.4 is 10.9 Å². The Morgan fingerprint density at radius 3 is 2.36 bits per heavy atom. The normalized spacial score (nSPS) is 12.4. The lowest BCUT2D eigenvalue weighted by Crippen LogP contribution is -2.13. The van der Waals surface area contributed by atoms with E-state index >= 15 is 4.39 Å². The molecule has 0 fully saturated rings. The Kier molecular flexibility index (Phi) is 6.74. The summed E-state index contributed by atoms with van der Waals surface area (Å²) < 4.78 is 55.8. The number of nitriles is 1. The first kappa shape index (κ1) is 25.5. The minimum Gasteiger partial charge on any atom is -0.375 e. The van der Waals surface area contributed by atoms with E-state index in [1.165, 1.54) is 37.9 Å². The van der Waals surface area contributed by atoms with Crippen molar-refractivity contribution in [1.82, 2.24) is 19.9 Å². The molecule has 0 unspecified atom stereocenters. The zero-order chi connectivity index (χ0) is 26.4. The summed E-state index contributed by atoms with van der Waals surface area (Å²) in [6, 6.07) is 4.16. The van der Waals surface area contributed by atoms with E-state index in [0.717, 1.165) is 6.07 Å². The highest BCUT2D eigenvalue weighted by Crippen LogP contribution is 2.37. The van der Waals surface area contributed by atoms with Crippen LogP contribution in [-0.4, -0.2) is 33.3 Å². The van der Waals surface area contributed by atoms with Crippen molar-refractivity contribution in [2.45, 2.75) is 19.9 Å². The van der Waals surface area contributed by atoms with Crippen molar-refractivity contribution < 1.29 is 17.7 Å². The first-order valence-corrected chi connectivity index (χ1v) is 13.6.